The van der Waals surface area contributed by atoms with Crippen molar-refractivity contribution in [3.05, 3.63) is 28.8 Å². The topological polar surface area (TPSA) is 78.4 Å². The monoisotopic (exact) mass is 284 g/mol. The van der Waals surface area contributed by atoms with Crippen molar-refractivity contribution in [2.75, 3.05) is 7.05 Å². The molecular formula is C13H17ClN2O3. The molecule has 0 radical (unpaired) electrons. The third-order valence-electron chi connectivity index (χ3n) is 2.80. The maximum Gasteiger partial charge on any atom is 0.242 e. The van der Waals surface area contributed by atoms with Crippen molar-refractivity contribution in [2.24, 2.45) is 0 Å². The molecule has 0 heterocycles. The molecule has 104 valence electrons. The van der Waals surface area contributed by atoms with Crippen molar-refractivity contribution in [1.82, 2.24) is 10.6 Å². The summed E-state index contributed by atoms with van der Waals surface area (Å²) >= 11 is 5.82. The molecule has 0 bridgehead atoms. The average Bonchev–Trinajstić information content (AvgIpc) is 2.35. The number of benzene rings is 1. The highest BCUT2D eigenvalue weighted by Crippen LogP contribution is 2.25. The van der Waals surface area contributed by atoms with Gasteiger partial charge in [0.15, 0.2) is 0 Å². The van der Waals surface area contributed by atoms with E-state index in [1.165, 1.54) is 19.2 Å². The van der Waals surface area contributed by atoms with Gasteiger partial charge >= 0.3 is 0 Å². The minimum atomic E-state index is -0.618. The normalized spacial score (nSPS) is 13.5. The molecule has 0 aliphatic carbocycles. The van der Waals surface area contributed by atoms with Gasteiger partial charge in [-0.05, 0) is 37.6 Å². The number of carbonyl (C=O) groups excluding carboxylic acids is 2. The van der Waals surface area contributed by atoms with Crippen LogP contribution >= 0.6 is 11.6 Å². The predicted molar refractivity (Wildman–Crippen MR) is 73.2 cm³/mol. The molecule has 2 amide bonds. The van der Waals surface area contributed by atoms with E-state index in [4.69, 9.17) is 11.6 Å². The van der Waals surface area contributed by atoms with E-state index < -0.39 is 12.0 Å². The Kier molecular flexibility index (Phi) is 5.18. The van der Waals surface area contributed by atoms with Gasteiger partial charge in [0, 0.05) is 12.1 Å². The molecule has 0 aliphatic rings. The van der Waals surface area contributed by atoms with Crippen LogP contribution in [0.5, 0.6) is 5.75 Å². The van der Waals surface area contributed by atoms with Crippen LogP contribution in [0.2, 0.25) is 5.02 Å². The highest BCUT2D eigenvalue weighted by molar-refractivity contribution is 6.30. The molecule has 1 aromatic carbocycles. The van der Waals surface area contributed by atoms with Crippen molar-refractivity contribution in [1.29, 1.82) is 0 Å². The minimum absolute atomic E-state index is 0.00139. The summed E-state index contributed by atoms with van der Waals surface area (Å²) in [5.74, 6) is -1.09. The van der Waals surface area contributed by atoms with Gasteiger partial charge in [-0.15, -0.1) is 0 Å². The van der Waals surface area contributed by atoms with Crippen LogP contribution in [0.3, 0.4) is 0 Å². The van der Waals surface area contributed by atoms with Crippen LogP contribution < -0.4 is 10.6 Å². The van der Waals surface area contributed by atoms with Crippen molar-refractivity contribution in [3.8, 4) is 5.75 Å². The first-order valence-electron chi connectivity index (χ1n) is 5.86. The maximum atomic E-state index is 12.0. The molecule has 5 nitrogen and oxygen atoms in total. The van der Waals surface area contributed by atoms with Crippen molar-refractivity contribution in [2.45, 2.75) is 25.8 Å². The number of likely N-dealkylation sites (N-methyl/N-ethyl adjacent to an activating group) is 1. The number of hydrogen-bond donors (Lipinski definition) is 3. The molecule has 0 aromatic heterocycles. The molecular weight excluding hydrogens is 268 g/mol. The zero-order valence-electron chi connectivity index (χ0n) is 11.0. The third-order valence-corrected chi connectivity index (χ3v) is 3.01. The first-order valence-corrected chi connectivity index (χ1v) is 6.24. The largest absolute Gasteiger partial charge is 0.508 e. The molecule has 3 N–H and O–H groups in total. The van der Waals surface area contributed by atoms with E-state index in [0.717, 1.165) is 0 Å². The molecule has 0 spiro atoms. The van der Waals surface area contributed by atoms with Crippen LogP contribution in [0.1, 0.15) is 25.3 Å². The average molecular weight is 285 g/mol. The minimum Gasteiger partial charge on any atom is -0.508 e. The Bertz CT molecular complexity index is 471. The lowest BCUT2D eigenvalue weighted by Crippen LogP contribution is -2.44. The molecule has 0 saturated heterocycles. The lowest BCUT2D eigenvalue weighted by Gasteiger charge is -2.17. The number of phenolic OH excluding ortho intramolecular Hbond substituents is 1. The van der Waals surface area contributed by atoms with Gasteiger partial charge in [0.2, 0.25) is 11.8 Å². The van der Waals surface area contributed by atoms with Crippen molar-refractivity contribution >= 4 is 23.4 Å². The van der Waals surface area contributed by atoms with E-state index in [1.54, 1.807) is 19.9 Å². The Morgan fingerprint density at radius 2 is 1.84 bits per heavy atom. The second-order valence-corrected chi connectivity index (χ2v) is 4.75. The first-order chi connectivity index (χ1) is 8.85. The van der Waals surface area contributed by atoms with Crippen LogP contribution in [0, 0.1) is 0 Å². The summed E-state index contributed by atoms with van der Waals surface area (Å²) in [7, 11) is 1.50. The van der Waals surface area contributed by atoms with Crippen LogP contribution in [0.4, 0.5) is 0 Å². The van der Waals surface area contributed by atoms with E-state index in [9.17, 15) is 14.7 Å². The second kappa shape index (κ2) is 6.43. The lowest BCUT2D eigenvalue weighted by atomic mass is 9.99. The van der Waals surface area contributed by atoms with E-state index in [-0.39, 0.29) is 17.6 Å². The Balaban J connectivity index is 2.79. The van der Waals surface area contributed by atoms with Crippen LogP contribution in [0.15, 0.2) is 18.2 Å². The molecule has 19 heavy (non-hydrogen) atoms. The Morgan fingerprint density at radius 3 is 2.37 bits per heavy atom. The zero-order chi connectivity index (χ0) is 14.6. The van der Waals surface area contributed by atoms with Crippen LogP contribution in [0.25, 0.3) is 0 Å². The van der Waals surface area contributed by atoms with Gasteiger partial charge < -0.3 is 15.7 Å². The molecule has 0 aliphatic heterocycles. The van der Waals surface area contributed by atoms with Gasteiger partial charge in [0.05, 0.1) is 5.92 Å². The number of amides is 2. The second-order valence-electron chi connectivity index (χ2n) is 4.31. The Hall–Kier alpha value is -1.75. The van der Waals surface area contributed by atoms with Crippen molar-refractivity contribution in [3.63, 3.8) is 0 Å². The summed E-state index contributed by atoms with van der Waals surface area (Å²) in [6.07, 6.45) is 0. The fraction of sp³-hybridized carbons (Fsp3) is 0.385. The molecule has 1 rings (SSSR count). The fourth-order valence-electron chi connectivity index (χ4n) is 1.62. The van der Waals surface area contributed by atoms with E-state index in [2.05, 4.69) is 10.6 Å². The summed E-state index contributed by atoms with van der Waals surface area (Å²) in [5.41, 5.74) is 0.589. The highest BCUT2D eigenvalue weighted by Gasteiger charge is 2.20. The molecule has 0 saturated carbocycles. The molecule has 1 aromatic rings. The Labute approximate surface area is 117 Å². The number of nitrogens with one attached hydrogen (secondary N) is 2. The van der Waals surface area contributed by atoms with Gasteiger partial charge in [-0.2, -0.15) is 0 Å². The molecule has 0 fully saturated rings. The molecule has 2 atom stereocenters. The summed E-state index contributed by atoms with van der Waals surface area (Å²) < 4.78 is 0. The summed E-state index contributed by atoms with van der Waals surface area (Å²) in [5, 5.41) is 14.9. The van der Waals surface area contributed by atoms with Gasteiger partial charge in [-0.25, -0.2) is 0 Å². The van der Waals surface area contributed by atoms with E-state index >= 15 is 0 Å². The van der Waals surface area contributed by atoms with Crippen molar-refractivity contribution < 1.29 is 14.7 Å². The summed E-state index contributed by atoms with van der Waals surface area (Å²) in [6.45, 7) is 3.27. The van der Waals surface area contributed by atoms with E-state index in [0.29, 0.717) is 10.6 Å². The predicted octanol–water partition coefficient (Wildman–Crippen LogP) is 1.40. The number of phenols is 1. The highest BCUT2D eigenvalue weighted by atomic mass is 35.5. The summed E-state index contributed by atoms with van der Waals surface area (Å²) in [6, 6.07) is 3.85. The quantitative estimate of drug-likeness (QED) is 0.782. The smallest absolute Gasteiger partial charge is 0.242 e. The zero-order valence-corrected chi connectivity index (χ0v) is 11.8. The van der Waals surface area contributed by atoms with Gasteiger partial charge in [-0.3, -0.25) is 9.59 Å². The standard InChI is InChI=1S/C13H17ClN2O3/c1-7(9-4-10(14)6-11(17)5-9)12(18)16-8(2)13(19)15-3/h4-8,17H,1-3H3,(H,15,19)(H,16,18). The van der Waals surface area contributed by atoms with Gasteiger partial charge in [0.1, 0.15) is 11.8 Å². The summed E-state index contributed by atoms with van der Waals surface area (Å²) in [4.78, 5) is 23.3. The maximum absolute atomic E-state index is 12.0. The third kappa shape index (κ3) is 4.13. The van der Waals surface area contributed by atoms with Crippen LogP contribution in [-0.2, 0) is 9.59 Å². The number of carbonyl (C=O) groups is 2. The molecule has 2 unspecified atom stereocenters. The van der Waals surface area contributed by atoms with Gasteiger partial charge in [-0.1, -0.05) is 11.6 Å². The van der Waals surface area contributed by atoms with Crippen LogP contribution in [-0.4, -0.2) is 30.0 Å². The fourth-order valence-corrected chi connectivity index (χ4v) is 1.86. The number of aromatic hydroxyl groups is 1. The van der Waals surface area contributed by atoms with E-state index in [1.807, 2.05) is 0 Å². The number of hydrogen-bond acceptors (Lipinski definition) is 3. The molecule has 6 heteroatoms. The Morgan fingerprint density at radius 1 is 1.21 bits per heavy atom. The lowest BCUT2D eigenvalue weighted by molar-refractivity contribution is -0.128. The number of halogens is 1. The number of rotatable bonds is 4. The first kappa shape index (κ1) is 15.3. The van der Waals surface area contributed by atoms with Gasteiger partial charge in [0.25, 0.3) is 0 Å². The SMILES string of the molecule is CNC(=O)C(C)NC(=O)C(C)c1cc(O)cc(Cl)c1.